The van der Waals surface area contributed by atoms with Crippen molar-refractivity contribution in [3.63, 3.8) is 0 Å². The Bertz CT molecular complexity index is 6870. The van der Waals surface area contributed by atoms with Crippen LogP contribution in [0.2, 0.25) is 0 Å². The van der Waals surface area contributed by atoms with E-state index in [-0.39, 0.29) is 23.9 Å². The standard InChI is InChI=1S/4C26H21BrN2O3S2.C4H8O2/c4*1-3-32-25(30)24-17-13-22(31-2)18(27)14-20(17)29(16-9-5-4-6-10-16)21(24)15-33-26-28-19-11-7-8-12-23(19)34-26;1-2-6-4-3-5-1/h4*4-14H,3,15H2,1-2H3;1-4H2. The molecular formula is C108H92Br4N8O14S8. The molecule has 0 radical (unpaired) electrons. The van der Waals surface area contributed by atoms with Crippen molar-refractivity contribution in [2.75, 3.05) is 81.3 Å². The quantitative estimate of drug-likeness (QED) is 0.0252. The molecule has 9 heterocycles. The van der Waals surface area contributed by atoms with Crippen LogP contribution < -0.4 is 18.9 Å². The predicted molar refractivity (Wildman–Crippen MR) is 592 cm³/mol. The monoisotopic (exact) mass is 2300 g/mol. The van der Waals surface area contributed by atoms with Crippen LogP contribution in [-0.2, 0) is 51.4 Å². The van der Waals surface area contributed by atoms with Gasteiger partial charge in [-0.2, -0.15) is 0 Å². The van der Waals surface area contributed by atoms with Gasteiger partial charge in [0.2, 0.25) is 0 Å². The summed E-state index contributed by atoms with van der Waals surface area (Å²) in [5.41, 5.74) is 17.1. The van der Waals surface area contributed by atoms with Crippen molar-refractivity contribution in [3.8, 4) is 45.7 Å². The van der Waals surface area contributed by atoms with Gasteiger partial charge < -0.3 is 65.6 Å². The molecule has 8 aromatic heterocycles. The molecule has 0 N–H and O–H groups in total. The summed E-state index contributed by atoms with van der Waals surface area (Å²) < 4.78 is 74.3. The highest BCUT2D eigenvalue weighted by Gasteiger charge is 2.33. The highest BCUT2D eigenvalue weighted by molar-refractivity contribution is 9.11. The molecule has 724 valence electrons. The Hall–Kier alpha value is -11.3. The zero-order chi connectivity index (χ0) is 98.9. The lowest BCUT2D eigenvalue weighted by Gasteiger charge is -2.12. The molecule has 1 aliphatic heterocycles. The number of esters is 4. The second-order valence-corrected chi connectivity index (χ2v) is 43.5. The van der Waals surface area contributed by atoms with Gasteiger partial charge in [0.1, 0.15) is 23.0 Å². The third kappa shape index (κ3) is 22.9. The highest BCUT2D eigenvalue weighted by Crippen LogP contribution is 2.47. The van der Waals surface area contributed by atoms with Crippen LogP contribution in [0.5, 0.6) is 23.0 Å². The van der Waals surface area contributed by atoms with Gasteiger partial charge in [-0.25, -0.2) is 39.1 Å². The van der Waals surface area contributed by atoms with Gasteiger partial charge in [0.25, 0.3) is 0 Å². The number of fused-ring (bicyclic) bond motifs is 8. The summed E-state index contributed by atoms with van der Waals surface area (Å²) in [5, 5.41) is 3.18. The number of thioether (sulfide) groups is 4. The van der Waals surface area contributed by atoms with Crippen LogP contribution >= 0.6 is 156 Å². The first-order valence-electron chi connectivity index (χ1n) is 45.0. The number of methoxy groups -OCH3 is 4. The number of benzene rings is 12. The van der Waals surface area contributed by atoms with E-state index in [1.54, 1.807) is 121 Å². The molecule has 1 aliphatic rings. The van der Waals surface area contributed by atoms with Gasteiger partial charge in [0, 0.05) is 90.1 Å². The SMILES string of the molecule is C1COCCO1.CCOC(=O)c1c(CSc2nc3ccccc3s2)n(-c2ccccc2)c2cc(Br)c(OC)cc12.CCOC(=O)c1c(CSc2nc3ccccc3s2)n(-c2ccccc2)c2cc(Br)c(OC)cc12.CCOC(=O)c1c(CSc2nc3ccccc3s2)n(-c2ccccc2)c2cc(Br)c(OC)cc12.CCOC(=O)c1c(CSc2nc3ccccc3s2)n(-c2ccccc2)c2cc(Br)c(OC)cc12. The number of hydrogen-bond acceptors (Lipinski definition) is 26. The van der Waals surface area contributed by atoms with Gasteiger partial charge in [0.05, 0.1) is 184 Å². The molecule has 0 aliphatic carbocycles. The fraction of sp³-hybridized carbons (Fsp3) is 0.185. The van der Waals surface area contributed by atoms with Crippen LogP contribution in [0.1, 0.15) is 91.9 Å². The van der Waals surface area contributed by atoms with Gasteiger partial charge in [0.15, 0.2) is 17.4 Å². The second-order valence-electron chi connectivity index (χ2n) is 31.0. The number of hydrogen-bond donors (Lipinski definition) is 0. The minimum absolute atomic E-state index is 0.301. The molecule has 21 rings (SSSR count). The lowest BCUT2D eigenvalue weighted by Crippen LogP contribution is -2.16. The number of aromatic nitrogens is 8. The van der Waals surface area contributed by atoms with Crippen LogP contribution in [0.15, 0.2) is 302 Å². The minimum atomic E-state index is -0.341. The van der Waals surface area contributed by atoms with E-state index in [0.717, 1.165) is 192 Å². The summed E-state index contributed by atoms with van der Waals surface area (Å²) in [4.78, 5) is 72.1. The van der Waals surface area contributed by atoms with Crippen molar-refractivity contribution in [2.45, 2.75) is 68.1 Å². The molecule has 0 saturated carbocycles. The number of nitrogens with zero attached hydrogens (tertiary/aromatic N) is 8. The van der Waals surface area contributed by atoms with E-state index in [9.17, 15) is 19.2 Å². The Morgan fingerprint density at radius 2 is 0.493 bits per heavy atom. The molecule has 34 heteroatoms. The van der Waals surface area contributed by atoms with Crippen molar-refractivity contribution in [1.82, 2.24) is 38.2 Å². The van der Waals surface area contributed by atoms with Gasteiger partial charge >= 0.3 is 23.9 Å². The van der Waals surface area contributed by atoms with E-state index in [4.69, 9.17) is 67.3 Å². The van der Waals surface area contributed by atoms with Crippen molar-refractivity contribution in [3.05, 3.63) is 330 Å². The molecule has 142 heavy (non-hydrogen) atoms. The normalized spacial score (nSPS) is 11.8. The van der Waals surface area contributed by atoms with Crippen LogP contribution in [0.4, 0.5) is 0 Å². The van der Waals surface area contributed by atoms with E-state index < -0.39 is 0 Å². The van der Waals surface area contributed by atoms with Crippen molar-refractivity contribution >= 4 is 264 Å². The second kappa shape index (κ2) is 48.4. The highest BCUT2D eigenvalue weighted by atomic mass is 79.9. The molecule has 1 saturated heterocycles. The molecule has 0 unspecified atom stereocenters. The first-order valence-corrected chi connectivity index (χ1v) is 55.4. The molecule has 12 aromatic carbocycles. The Kier molecular flexibility index (Phi) is 34.8. The largest absolute Gasteiger partial charge is 0.496 e. The Morgan fingerprint density at radius 3 is 0.676 bits per heavy atom. The molecule has 0 spiro atoms. The third-order valence-corrected chi connectivity index (χ3v) is 33.7. The number of ether oxygens (including phenoxy) is 10. The summed E-state index contributed by atoms with van der Waals surface area (Å²) in [5.74, 6) is 3.49. The van der Waals surface area contributed by atoms with Crippen LogP contribution in [-0.4, -0.2) is 143 Å². The summed E-state index contributed by atoms with van der Waals surface area (Å²) in [6.07, 6.45) is 0. The van der Waals surface area contributed by atoms with Gasteiger partial charge in [-0.1, -0.05) is 168 Å². The fourth-order valence-electron chi connectivity index (χ4n) is 16.4. The van der Waals surface area contributed by atoms with Gasteiger partial charge in [-0.3, -0.25) is 0 Å². The molecule has 0 amide bonds. The number of halogens is 4. The topological polar surface area (TPSA) is 232 Å². The van der Waals surface area contributed by atoms with E-state index in [1.807, 2.05) is 270 Å². The summed E-state index contributed by atoms with van der Waals surface area (Å²) in [7, 11) is 6.48. The van der Waals surface area contributed by atoms with Crippen LogP contribution in [0.25, 0.3) is 107 Å². The molecular weight excluding hydrogens is 2210 g/mol. The molecule has 0 atom stereocenters. The maximum atomic E-state index is 13.3. The lowest BCUT2D eigenvalue weighted by molar-refractivity contribution is -0.0334. The number of carbonyl (C=O) groups is 4. The summed E-state index contributed by atoms with van der Waals surface area (Å²) in [6, 6.07) is 88.2. The van der Waals surface area contributed by atoms with Gasteiger partial charge in [-0.05, 0) is 237 Å². The Labute approximate surface area is 885 Å². The molecule has 0 bridgehead atoms. The van der Waals surface area contributed by atoms with Crippen LogP contribution in [0, 0.1) is 0 Å². The smallest absolute Gasteiger partial charge is 0.340 e. The predicted octanol–water partition coefficient (Wildman–Crippen LogP) is 30.0. The fourth-order valence-corrected chi connectivity index (χ4v) is 26.6. The number of rotatable bonds is 28. The zero-order valence-corrected chi connectivity index (χ0v) is 90.8. The number of para-hydroxylation sites is 8. The van der Waals surface area contributed by atoms with Gasteiger partial charge in [-0.15, -0.1) is 45.3 Å². The lowest BCUT2D eigenvalue weighted by atomic mass is 10.1. The molecule has 20 aromatic rings. The average molecular weight is 2300 g/mol. The maximum Gasteiger partial charge on any atom is 0.340 e. The first-order chi connectivity index (χ1) is 69.4. The van der Waals surface area contributed by atoms with E-state index in [1.165, 1.54) is 0 Å². The number of carbonyl (C=O) groups excluding carboxylic acids is 4. The molecule has 1 fully saturated rings. The minimum Gasteiger partial charge on any atom is -0.496 e. The average Bonchev–Trinajstić information content (AvgIpc) is 1.60. The van der Waals surface area contributed by atoms with Crippen molar-refractivity contribution < 1.29 is 66.5 Å². The Balaban J connectivity index is 0.000000127. The zero-order valence-electron chi connectivity index (χ0n) is 78.0. The van der Waals surface area contributed by atoms with E-state index >= 15 is 0 Å². The molecule has 22 nitrogen and oxygen atoms in total. The number of thiazole rings is 4. The first kappa shape index (κ1) is 102. The van der Waals surface area contributed by atoms with E-state index in [0.29, 0.717) is 94.7 Å². The van der Waals surface area contributed by atoms with E-state index in [2.05, 4.69) is 106 Å². The maximum absolute atomic E-state index is 13.3. The van der Waals surface area contributed by atoms with Crippen molar-refractivity contribution in [2.24, 2.45) is 0 Å². The van der Waals surface area contributed by atoms with Crippen LogP contribution in [0.3, 0.4) is 0 Å². The summed E-state index contributed by atoms with van der Waals surface area (Å²) in [6.45, 7) is 11.6. The Morgan fingerprint density at radius 1 is 0.296 bits per heavy atom. The summed E-state index contributed by atoms with van der Waals surface area (Å²) >= 11 is 27.6. The third-order valence-electron chi connectivity index (χ3n) is 22.5. The van der Waals surface area contributed by atoms with Crippen molar-refractivity contribution in [1.29, 1.82) is 0 Å².